The van der Waals surface area contributed by atoms with Gasteiger partial charge < -0.3 is 20.3 Å². The molecule has 0 bridgehead atoms. The molecule has 114 valence electrons. The molecule has 1 aliphatic heterocycles. The van der Waals surface area contributed by atoms with E-state index in [9.17, 15) is 4.79 Å². The standard InChI is InChI=1S/C16H23N3O2/c1-18(15-6-4-14(17)5-7-15)8-2-3-16(13-20)19-9-11-21-12-10-19/h3-7,13H,2,8-12,17H2,1H3/b16-3+. The van der Waals surface area contributed by atoms with Crippen LogP contribution in [-0.4, -0.2) is 51.1 Å². The van der Waals surface area contributed by atoms with E-state index < -0.39 is 0 Å². The Kier molecular flexibility index (Phi) is 5.63. The van der Waals surface area contributed by atoms with Gasteiger partial charge in [0, 0.05) is 38.1 Å². The number of nitrogens with zero attached hydrogens (tertiary/aromatic N) is 2. The van der Waals surface area contributed by atoms with Gasteiger partial charge in [0.15, 0.2) is 6.29 Å². The van der Waals surface area contributed by atoms with Crippen LogP contribution in [0.3, 0.4) is 0 Å². The van der Waals surface area contributed by atoms with Crippen molar-refractivity contribution >= 4 is 17.7 Å². The summed E-state index contributed by atoms with van der Waals surface area (Å²) in [5, 5.41) is 0. The Morgan fingerprint density at radius 3 is 2.62 bits per heavy atom. The van der Waals surface area contributed by atoms with Gasteiger partial charge in [-0.15, -0.1) is 0 Å². The molecule has 1 fully saturated rings. The van der Waals surface area contributed by atoms with Gasteiger partial charge in [-0.2, -0.15) is 0 Å². The molecule has 1 aromatic carbocycles. The summed E-state index contributed by atoms with van der Waals surface area (Å²) in [5.74, 6) is 0. The molecule has 0 unspecified atom stereocenters. The third-order valence-corrected chi connectivity index (χ3v) is 3.65. The average Bonchev–Trinajstić information content (AvgIpc) is 2.53. The third-order valence-electron chi connectivity index (χ3n) is 3.65. The first-order valence-corrected chi connectivity index (χ1v) is 7.25. The van der Waals surface area contributed by atoms with E-state index >= 15 is 0 Å². The van der Waals surface area contributed by atoms with Gasteiger partial charge in [-0.05, 0) is 30.7 Å². The summed E-state index contributed by atoms with van der Waals surface area (Å²) in [7, 11) is 2.04. The molecule has 1 aliphatic rings. The van der Waals surface area contributed by atoms with E-state index in [0.717, 1.165) is 49.4 Å². The molecule has 0 radical (unpaired) electrons. The van der Waals surface area contributed by atoms with Crippen LogP contribution in [-0.2, 0) is 9.53 Å². The molecule has 2 N–H and O–H groups in total. The number of rotatable bonds is 6. The van der Waals surface area contributed by atoms with Crippen molar-refractivity contribution in [1.29, 1.82) is 0 Å². The zero-order valence-corrected chi connectivity index (χ0v) is 12.5. The maximum absolute atomic E-state index is 11.2. The minimum atomic E-state index is 0.691. The van der Waals surface area contributed by atoms with E-state index in [1.165, 1.54) is 0 Å². The van der Waals surface area contributed by atoms with Gasteiger partial charge in [-0.3, -0.25) is 4.79 Å². The average molecular weight is 289 g/mol. The molecule has 2 rings (SSSR count). The largest absolute Gasteiger partial charge is 0.399 e. The Labute approximate surface area is 126 Å². The Balaban J connectivity index is 1.87. The first-order valence-electron chi connectivity index (χ1n) is 7.25. The normalized spacial score (nSPS) is 15.9. The highest BCUT2D eigenvalue weighted by atomic mass is 16.5. The number of morpholine rings is 1. The van der Waals surface area contributed by atoms with Crippen molar-refractivity contribution in [2.75, 3.05) is 50.5 Å². The zero-order chi connectivity index (χ0) is 15.1. The first kappa shape index (κ1) is 15.4. The number of nitrogens with two attached hydrogens (primary N) is 1. The Hall–Kier alpha value is -2.01. The second-order valence-electron chi connectivity index (χ2n) is 5.15. The smallest absolute Gasteiger partial charge is 0.165 e. The van der Waals surface area contributed by atoms with Gasteiger partial charge >= 0.3 is 0 Å². The number of nitrogen functional groups attached to an aromatic ring is 1. The lowest BCUT2D eigenvalue weighted by molar-refractivity contribution is -0.106. The molecule has 0 aliphatic carbocycles. The van der Waals surface area contributed by atoms with Crippen LogP contribution in [0.25, 0.3) is 0 Å². The van der Waals surface area contributed by atoms with Crippen LogP contribution in [0.1, 0.15) is 6.42 Å². The van der Waals surface area contributed by atoms with Gasteiger partial charge in [-0.1, -0.05) is 6.08 Å². The summed E-state index contributed by atoms with van der Waals surface area (Å²) in [6, 6.07) is 7.79. The molecule has 0 amide bonds. The van der Waals surface area contributed by atoms with Crippen molar-refractivity contribution in [3.63, 3.8) is 0 Å². The monoisotopic (exact) mass is 289 g/mol. The molecule has 1 aromatic rings. The van der Waals surface area contributed by atoms with Crippen molar-refractivity contribution < 1.29 is 9.53 Å². The quantitative estimate of drug-likeness (QED) is 0.489. The fourth-order valence-electron chi connectivity index (χ4n) is 2.34. The number of carbonyl (C=O) groups is 1. The lowest BCUT2D eigenvalue weighted by Crippen LogP contribution is -2.36. The Bertz CT molecular complexity index is 479. The first-order chi connectivity index (χ1) is 10.2. The van der Waals surface area contributed by atoms with Crippen molar-refractivity contribution in [2.24, 2.45) is 0 Å². The van der Waals surface area contributed by atoms with Crippen LogP contribution in [0.5, 0.6) is 0 Å². The molecule has 1 heterocycles. The van der Waals surface area contributed by atoms with Crippen LogP contribution in [0, 0.1) is 0 Å². The topological polar surface area (TPSA) is 58.8 Å². The molecular formula is C16H23N3O2. The fourth-order valence-corrected chi connectivity index (χ4v) is 2.34. The van der Waals surface area contributed by atoms with Gasteiger partial charge in [0.25, 0.3) is 0 Å². The van der Waals surface area contributed by atoms with Gasteiger partial charge in [0.1, 0.15) is 0 Å². The fraction of sp³-hybridized carbons (Fsp3) is 0.438. The Morgan fingerprint density at radius 1 is 1.33 bits per heavy atom. The van der Waals surface area contributed by atoms with Gasteiger partial charge in [0.2, 0.25) is 0 Å². The predicted molar refractivity (Wildman–Crippen MR) is 85.3 cm³/mol. The molecule has 1 saturated heterocycles. The van der Waals surface area contributed by atoms with Crippen LogP contribution in [0.4, 0.5) is 11.4 Å². The second-order valence-corrected chi connectivity index (χ2v) is 5.15. The highest BCUT2D eigenvalue weighted by Gasteiger charge is 2.12. The van der Waals surface area contributed by atoms with E-state index in [1.54, 1.807) is 0 Å². The summed E-state index contributed by atoms with van der Waals surface area (Å²) < 4.78 is 5.30. The minimum Gasteiger partial charge on any atom is -0.399 e. The second kappa shape index (κ2) is 7.69. The summed E-state index contributed by atoms with van der Waals surface area (Å²) >= 11 is 0. The van der Waals surface area contributed by atoms with Crippen molar-refractivity contribution in [3.8, 4) is 0 Å². The van der Waals surface area contributed by atoms with E-state index in [-0.39, 0.29) is 0 Å². The molecule has 0 aromatic heterocycles. The number of hydrogen-bond acceptors (Lipinski definition) is 5. The predicted octanol–water partition coefficient (Wildman–Crippen LogP) is 1.51. The lowest BCUT2D eigenvalue weighted by Gasteiger charge is -2.28. The number of carbonyl (C=O) groups excluding carboxylic acids is 1. The SMILES string of the molecule is CN(CC/C=C(\C=O)N1CCOCC1)c1ccc(N)cc1. The van der Waals surface area contributed by atoms with E-state index in [0.29, 0.717) is 13.2 Å². The van der Waals surface area contributed by atoms with E-state index in [4.69, 9.17) is 10.5 Å². The number of aldehydes is 1. The molecular weight excluding hydrogens is 266 g/mol. The summed E-state index contributed by atoms with van der Waals surface area (Å²) in [6.07, 6.45) is 3.77. The van der Waals surface area contributed by atoms with Crippen LogP contribution in [0.2, 0.25) is 0 Å². The number of hydrogen-bond donors (Lipinski definition) is 1. The number of benzene rings is 1. The minimum absolute atomic E-state index is 0.691. The highest BCUT2D eigenvalue weighted by molar-refractivity contribution is 5.72. The third kappa shape index (κ3) is 4.49. The molecule has 0 spiro atoms. The maximum atomic E-state index is 11.2. The van der Waals surface area contributed by atoms with Gasteiger partial charge in [-0.25, -0.2) is 0 Å². The van der Waals surface area contributed by atoms with Crippen molar-refractivity contribution in [1.82, 2.24) is 4.90 Å². The van der Waals surface area contributed by atoms with Crippen molar-refractivity contribution in [2.45, 2.75) is 6.42 Å². The molecule has 21 heavy (non-hydrogen) atoms. The zero-order valence-electron chi connectivity index (χ0n) is 12.5. The summed E-state index contributed by atoms with van der Waals surface area (Å²) in [5.41, 5.74) is 8.34. The van der Waals surface area contributed by atoms with Crippen LogP contribution in [0.15, 0.2) is 36.0 Å². The summed E-state index contributed by atoms with van der Waals surface area (Å²) in [4.78, 5) is 15.4. The molecule has 5 heteroatoms. The number of allylic oxidation sites excluding steroid dienone is 1. The summed E-state index contributed by atoms with van der Waals surface area (Å²) in [6.45, 7) is 3.81. The highest BCUT2D eigenvalue weighted by Crippen LogP contribution is 2.15. The van der Waals surface area contributed by atoms with E-state index in [1.807, 2.05) is 37.4 Å². The number of anilines is 2. The van der Waals surface area contributed by atoms with E-state index in [2.05, 4.69) is 9.80 Å². The molecule has 0 atom stereocenters. The van der Waals surface area contributed by atoms with Gasteiger partial charge in [0.05, 0.1) is 18.9 Å². The lowest BCUT2D eigenvalue weighted by atomic mass is 10.2. The van der Waals surface area contributed by atoms with Crippen LogP contribution >= 0.6 is 0 Å². The van der Waals surface area contributed by atoms with Crippen LogP contribution < -0.4 is 10.6 Å². The molecule has 0 saturated carbocycles. The molecule has 5 nitrogen and oxygen atoms in total. The van der Waals surface area contributed by atoms with Crippen molar-refractivity contribution in [3.05, 3.63) is 36.0 Å². The number of ether oxygens (including phenoxy) is 1. The Morgan fingerprint density at radius 2 is 2.00 bits per heavy atom. The maximum Gasteiger partial charge on any atom is 0.165 e.